The number of halogens is 4. The summed E-state index contributed by atoms with van der Waals surface area (Å²) >= 11 is 24.8. The van der Waals surface area contributed by atoms with E-state index in [0.29, 0.717) is 68.3 Å². The van der Waals surface area contributed by atoms with E-state index in [-0.39, 0.29) is 23.0 Å². The summed E-state index contributed by atoms with van der Waals surface area (Å²) in [5, 5.41) is 20.9. The van der Waals surface area contributed by atoms with Gasteiger partial charge in [0.1, 0.15) is 24.4 Å². The summed E-state index contributed by atoms with van der Waals surface area (Å²) in [5.41, 5.74) is 2.65. The number of hydrogen-bond acceptors (Lipinski definition) is 12. The second-order valence-electron chi connectivity index (χ2n) is 18.8. The minimum Gasteiger partial charge on any atom is -0.481 e. The van der Waals surface area contributed by atoms with Gasteiger partial charge < -0.3 is 39.3 Å². The lowest BCUT2D eigenvalue weighted by Gasteiger charge is -2.48. The Morgan fingerprint density at radius 3 is 1.18 bits per heavy atom. The molecule has 0 bridgehead atoms. The smallest absolute Gasteiger partial charge is 0.306 e. The molecule has 8 atom stereocenters. The molecule has 16 nitrogen and oxygen atoms in total. The summed E-state index contributed by atoms with van der Waals surface area (Å²) in [4.78, 5) is 57.4. The van der Waals surface area contributed by atoms with Gasteiger partial charge in [-0.2, -0.15) is 0 Å². The molecule has 6 rings (SSSR count). The van der Waals surface area contributed by atoms with Crippen molar-refractivity contribution >= 4 is 89.8 Å². The molecule has 74 heavy (non-hydrogen) atoms. The van der Waals surface area contributed by atoms with Gasteiger partial charge in [0.05, 0.1) is 47.9 Å². The number of ether oxygens (including phenoxy) is 2. The van der Waals surface area contributed by atoms with E-state index < -0.39 is 105 Å². The van der Waals surface area contributed by atoms with Crippen molar-refractivity contribution in [2.24, 2.45) is 0 Å². The van der Waals surface area contributed by atoms with Crippen LogP contribution in [0.3, 0.4) is 0 Å². The molecule has 404 valence electrons. The summed E-state index contributed by atoms with van der Waals surface area (Å²) in [6.07, 6.45) is -4.57. The third-order valence-electron chi connectivity index (χ3n) is 12.7. The number of sulfone groups is 2. The maximum Gasteiger partial charge on any atom is 0.306 e. The molecule has 0 spiro atoms. The van der Waals surface area contributed by atoms with E-state index in [0.717, 1.165) is 0 Å². The fraction of sp³-hybridized carbons (Fsp3) is 0.462. The van der Waals surface area contributed by atoms with E-state index in [1.165, 1.54) is 9.80 Å². The van der Waals surface area contributed by atoms with Crippen LogP contribution in [0.1, 0.15) is 86.1 Å². The highest BCUT2D eigenvalue weighted by molar-refractivity contribution is 7.91. The monoisotopic (exact) mass is 1140 g/mol. The Hall–Kier alpha value is -4.34. The van der Waals surface area contributed by atoms with Gasteiger partial charge in [-0.3, -0.25) is 19.2 Å². The topological polar surface area (TPSA) is 208 Å². The number of carboxylic acids is 2. The zero-order valence-electron chi connectivity index (χ0n) is 42.0. The molecule has 22 heteroatoms. The van der Waals surface area contributed by atoms with Gasteiger partial charge in [-0.15, -0.1) is 0 Å². The van der Waals surface area contributed by atoms with Crippen LogP contribution in [0.15, 0.2) is 97.1 Å². The number of carbonyl (C=O) groups excluding carboxylic acids is 2. The molecule has 4 aromatic carbocycles. The van der Waals surface area contributed by atoms with E-state index in [1.54, 1.807) is 135 Å². The largest absolute Gasteiger partial charge is 0.481 e. The lowest BCUT2D eigenvalue weighted by molar-refractivity contribution is -0.182. The van der Waals surface area contributed by atoms with Crippen molar-refractivity contribution in [2.45, 2.75) is 88.1 Å². The lowest BCUT2D eigenvalue weighted by atomic mass is 9.89. The first-order valence-electron chi connectivity index (χ1n) is 23.9. The Balaban J connectivity index is 0.000000274. The molecule has 2 aliphatic rings. The maximum atomic E-state index is 13.8. The molecule has 0 saturated carbocycles. The zero-order valence-corrected chi connectivity index (χ0v) is 46.7. The van der Waals surface area contributed by atoms with Crippen LogP contribution in [-0.4, -0.2) is 159 Å². The minimum absolute atomic E-state index is 0.0586. The van der Waals surface area contributed by atoms with Crippen molar-refractivity contribution in [1.29, 1.82) is 0 Å². The van der Waals surface area contributed by atoms with Gasteiger partial charge in [-0.05, 0) is 112 Å². The molecular weight excluding hydrogens is 1080 g/mol. The predicted molar refractivity (Wildman–Crippen MR) is 287 cm³/mol. The van der Waals surface area contributed by atoms with Gasteiger partial charge in [0.15, 0.2) is 19.7 Å². The normalized spacial score (nSPS) is 21.3. The van der Waals surface area contributed by atoms with Crippen LogP contribution in [0.2, 0.25) is 20.1 Å². The third kappa shape index (κ3) is 16.8. The van der Waals surface area contributed by atoms with Crippen LogP contribution in [0.4, 0.5) is 0 Å². The Morgan fingerprint density at radius 2 is 0.892 bits per heavy atom. The lowest BCUT2D eigenvalue weighted by Crippen LogP contribution is -2.56. The summed E-state index contributed by atoms with van der Waals surface area (Å²) < 4.78 is 64.6. The van der Waals surface area contributed by atoms with E-state index in [9.17, 15) is 46.2 Å². The highest BCUT2D eigenvalue weighted by Crippen LogP contribution is 2.46. The maximum absolute atomic E-state index is 13.8. The number of morpholine rings is 2. The van der Waals surface area contributed by atoms with E-state index in [1.807, 2.05) is 13.8 Å². The molecule has 0 unspecified atom stereocenters. The first kappa shape index (κ1) is 60.5. The first-order chi connectivity index (χ1) is 34.8. The second kappa shape index (κ2) is 27.1. The van der Waals surface area contributed by atoms with E-state index in [4.69, 9.17) is 55.9 Å². The average molecular weight is 1140 g/mol. The van der Waals surface area contributed by atoms with Crippen LogP contribution in [0.25, 0.3) is 0 Å². The standard InChI is InChI=1S/2C26H32Cl2N2O6S/c2*1-4-21(16-37(34,35)13-12-29(2)3)30-24(17-8-10-19(27)11-9-17)25(18-6-5-7-20(28)14-18)36-22(26(30)33)15-23(31)32/h2*5-11,14,21-22,24-25H,4,12-13,15-16H2,1-3H3,(H,31,32)/t21-,22+,24+,25+;21-,22-,24+,25+/m00/s1. The highest BCUT2D eigenvalue weighted by Gasteiger charge is 2.49. The van der Waals surface area contributed by atoms with Gasteiger partial charge in [0.25, 0.3) is 11.8 Å². The fourth-order valence-corrected chi connectivity index (χ4v) is 13.2. The zero-order chi connectivity index (χ0) is 54.7. The van der Waals surface area contributed by atoms with Crippen LogP contribution >= 0.6 is 46.4 Å². The van der Waals surface area contributed by atoms with Crippen molar-refractivity contribution in [3.63, 3.8) is 0 Å². The third-order valence-corrected chi connectivity index (χ3v) is 17.0. The average Bonchev–Trinajstić information content (AvgIpc) is 3.33. The molecule has 0 aromatic heterocycles. The number of benzene rings is 4. The molecular formula is C52H64Cl4N4O12S2. The Bertz CT molecular complexity index is 2600. The summed E-state index contributed by atoms with van der Waals surface area (Å²) in [6, 6.07) is 24.8. The van der Waals surface area contributed by atoms with E-state index >= 15 is 0 Å². The number of aliphatic carboxylic acids is 2. The molecule has 2 heterocycles. The van der Waals surface area contributed by atoms with Gasteiger partial charge in [0, 0.05) is 45.3 Å². The quantitative estimate of drug-likeness (QED) is 0.0757. The summed E-state index contributed by atoms with van der Waals surface area (Å²) in [5.74, 6) is -4.14. The van der Waals surface area contributed by atoms with Crippen LogP contribution < -0.4 is 0 Å². The number of hydrogen-bond donors (Lipinski definition) is 2. The van der Waals surface area contributed by atoms with Crippen molar-refractivity contribution < 1.29 is 55.7 Å². The minimum atomic E-state index is -3.54. The van der Waals surface area contributed by atoms with Crippen molar-refractivity contribution in [2.75, 3.05) is 64.3 Å². The number of rotatable bonds is 22. The number of amides is 2. The molecule has 0 aliphatic carbocycles. The van der Waals surface area contributed by atoms with Crippen LogP contribution in [-0.2, 0) is 48.3 Å². The molecule has 2 aliphatic heterocycles. The predicted octanol–water partition coefficient (Wildman–Crippen LogP) is 8.47. The van der Waals surface area contributed by atoms with Crippen molar-refractivity contribution in [3.05, 3.63) is 139 Å². The second-order valence-corrected chi connectivity index (χ2v) is 25.0. The van der Waals surface area contributed by atoms with Crippen molar-refractivity contribution in [1.82, 2.24) is 19.6 Å². The highest BCUT2D eigenvalue weighted by atomic mass is 35.5. The van der Waals surface area contributed by atoms with Crippen molar-refractivity contribution in [3.8, 4) is 0 Å². The molecule has 0 radical (unpaired) electrons. The van der Waals surface area contributed by atoms with E-state index in [2.05, 4.69) is 0 Å². The van der Waals surface area contributed by atoms with Gasteiger partial charge in [-0.1, -0.05) is 109 Å². The molecule has 2 fully saturated rings. The fourth-order valence-electron chi connectivity index (χ4n) is 8.99. The summed E-state index contributed by atoms with van der Waals surface area (Å²) in [6.45, 7) is 4.33. The number of carboxylic acid groups (broad SMARTS) is 2. The Labute approximate surface area is 454 Å². The van der Waals surface area contributed by atoms with Gasteiger partial charge in [0.2, 0.25) is 0 Å². The Kier molecular flexibility index (Phi) is 22.2. The molecule has 2 saturated heterocycles. The van der Waals surface area contributed by atoms with Crippen LogP contribution in [0, 0.1) is 0 Å². The van der Waals surface area contributed by atoms with Gasteiger partial charge >= 0.3 is 11.9 Å². The number of carbonyl (C=O) groups is 4. The molecule has 4 aromatic rings. The number of nitrogens with zero attached hydrogens (tertiary/aromatic N) is 4. The SMILES string of the molecule is CC[C@@H](CS(=O)(=O)CCN(C)C)N1C(=O)[C@@H](CC(=O)O)O[C@H](c2cccc(Cl)c2)[C@H]1c1ccc(Cl)cc1.CC[C@@H](CS(=O)(=O)CCN(C)C)N1C(=O)[C@H](CC(=O)O)O[C@H](c2cccc(Cl)c2)[C@H]1c1ccc(Cl)cc1. The molecule has 2 amide bonds. The first-order valence-corrected chi connectivity index (χ1v) is 29.1. The Morgan fingerprint density at radius 1 is 0.554 bits per heavy atom. The van der Waals surface area contributed by atoms with Gasteiger partial charge in [-0.25, -0.2) is 16.8 Å². The molecule has 2 N–H and O–H groups in total. The summed E-state index contributed by atoms with van der Waals surface area (Å²) in [7, 11) is 0.0959. The van der Waals surface area contributed by atoms with Crippen LogP contribution in [0.5, 0.6) is 0 Å².